The van der Waals surface area contributed by atoms with Crippen molar-refractivity contribution in [3.05, 3.63) is 45.6 Å². The number of fused-ring (bicyclic) bond motifs is 1. The number of aliphatic hydroxyl groups is 1. The molecule has 1 fully saturated rings. The fraction of sp³-hybridized carbons (Fsp3) is 0.409. The molecule has 2 amide bonds. The minimum Gasteiger partial charge on any atom is -0.488 e. The highest BCUT2D eigenvalue weighted by atomic mass is 32.1. The zero-order valence-corrected chi connectivity index (χ0v) is 18.9. The van der Waals surface area contributed by atoms with Crippen molar-refractivity contribution in [2.45, 2.75) is 38.8 Å². The van der Waals surface area contributed by atoms with E-state index in [0.29, 0.717) is 29.1 Å². The fourth-order valence-electron chi connectivity index (χ4n) is 3.76. The second kappa shape index (κ2) is 9.06. The molecule has 11 heteroatoms. The molecule has 1 unspecified atom stereocenters. The van der Waals surface area contributed by atoms with Crippen molar-refractivity contribution in [3.63, 3.8) is 0 Å². The summed E-state index contributed by atoms with van der Waals surface area (Å²) in [5, 5.41) is 13.5. The van der Waals surface area contributed by atoms with Crippen molar-refractivity contribution < 1.29 is 32.6 Å². The smallest absolute Gasteiger partial charge is 0.267 e. The Morgan fingerprint density at radius 3 is 2.82 bits per heavy atom. The van der Waals surface area contributed by atoms with E-state index in [1.165, 1.54) is 11.3 Å². The summed E-state index contributed by atoms with van der Waals surface area (Å²) in [5.41, 5.74) is 0.631. The minimum absolute atomic E-state index is 0.133. The van der Waals surface area contributed by atoms with Gasteiger partial charge in [0.15, 0.2) is 0 Å². The number of aliphatic hydroxyl groups excluding tert-OH is 1. The molecule has 1 saturated heterocycles. The van der Waals surface area contributed by atoms with Gasteiger partial charge in [-0.1, -0.05) is 0 Å². The summed E-state index contributed by atoms with van der Waals surface area (Å²) in [6.07, 6.45) is 1.29. The lowest BCUT2D eigenvalue weighted by Crippen LogP contribution is -2.50. The van der Waals surface area contributed by atoms with Gasteiger partial charge in [-0.05, 0) is 32.0 Å². The van der Waals surface area contributed by atoms with Crippen molar-refractivity contribution in [1.82, 2.24) is 15.2 Å². The number of alkyl halides is 2. The van der Waals surface area contributed by atoms with Gasteiger partial charge < -0.3 is 24.5 Å². The van der Waals surface area contributed by atoms with Gasteiger partial charge in [0.25, 0.3) is 11.8 Å². The first-order valence-electron chi connectivity index (χ1n) is 10.3. The summed E-state index contributed by atoms with van der Waals surface area (Å²) in [5.74, 6) is -3.55. The van der Waals surface area contributed by atoms with Crippen LogP contribution in [0.4, 0.5) is 8.78 Å². The molecule has 2 N–H and O–H groups in total. The molecule has 0 aliphatic carbocycles. The SMILES string of the molecule is Cc1ncc(COc2ccc3oc(C)c(C(=O)NC(CO)C(=O)N4CCC(F)(F)C4)c3c2)s1. The highest BCUT2D eigenvalue weighted by Crippen LogP contribution is 2.30. The maximum absolute atomic E-state index is 13.5. The number of halogens is 2. The molecule has 1 aliphatic rings. The Morgan fingerprint density at radius 1 is 1.39 bits per heavy atom. The number of amides is 2. The number of carbonyl (C=O) groups is 2. The number of hydrogen-bond acceptors (Lipinski definition) is 7. The van der Waals surface area contributed by atoms with Gasteiger partial charge in [0, 0.05) is 24.5 Å². The van der Waals surface area contributed by atoms with Crippen molar-refractivity contribution in [3.8, 4) is 5.75 Å². The van der Waals surface area contributed by atoms with Crippen LogP contribution < -0.4 is 10.1 Å². The number of nitrogens with one attached hydrogen (secondary N) is 1. The van der Waals surface area contributed by atoms with Crippen molar-refractivity contribution in [2.75, 3.05) is 19.7 Å². The number of ether oxygens (including phenoxy) is 1. The Kier molecular flexibility index (Phi) is 6.35. The molecule has 0 bridgehead atoms. The van der Waals surface area contributed by atoms with Crippen LogP contribution in [0.5, 0.6) is 5.75 Å². The van der Waals surface area contributed by atoms with Crippen molar-refractivity contribution in [2.24, 2.45) is 0 Å². The number of benzene rings is 1. The highest BCUT2D eigenvalue weighted by molar-refractivity contribution is 7.11. The van der Waals surface area contributed by atoms with Gasteiger partial charge in [0.2, 0.25) is 5.91 Å². The Labute approximate surface area is 192 Å². The topological polar surface area (TPSA) is 105 Å². The summed E-state index contributed by atoms with van der Waals surface area (Å²) in [6, 6.07) is 3.71. The van der Waals surface area contributed by atoms with Gasteiger partial charge in [-0.25, -0.2) is 13.8 Å². The molecule has 0 spiro atoms. The van der Waals surface area contributed by atoms with E-state index in [2.05, 4.69) is 10.3 Å². The molecular weight excluding hydrogens is 456 g/mol. The molecule has 2 aromatic heterocycles. The minimum atomic E-state index is -2.97. The van der Waals surface area contributed by atoms with Crippen molar-refractivity contribution >= 4 is 34.1 Å². The number of carbonyl (C=O) groups excluding carboxylic acids is 2. The standard InChI is InChI=1S/C22H23F2N3O5S/c1-12-19(20(29)26-17(9-28)21(30)27-6-5-22(23,24)11-27)16-7-14(3-4-18(16)32-12)31-10-15-8-25-13(2)33-15/h3-4,7-8,17,28H,5-6,9-11H2,1-2H3,(H,26,29). The number of thiazole rings is 1. The Hall–Kier alpha value is -3.05. The fourth-order valence-corrected chi connectivity index (χ4v) is 4.47. The molecule has 4 rings (SSSR count). The van der Waals surface area contributed by atoms with E-state index in [1.54, 1.807) is 31.3 Å². The number of hydrogen-bond donors (Lipinski definition) is 2. The van der Waals surface area contributed by atoms with Gasteiger partial charge in [-0.2, -0.15) is 0 Å². The molecule has 0 radical (unpaired) electrons. The number of likely N-dealkylation sites (tertiary alicyclic amines) is 1. The zero-order chi connectivity index (χ0) is 23.8. The molecule has 1 aliphatic heterocycles. The van der Waals surface area contributed by atoms with Crippen LogP contribution >= 0.6 is 11.3 Å². The van der Waals surface area contributed by atoms with E-state index in [1.807, 2.05) is 6.92 Å². The van der Waals surface area contributed by atoms with Gasteiger partial charge >= 0.3 is 0 Å². The summed E-state index contributed by atoms with van der Waals surface area (Å²) < 4.78 is 38.4. The predicted octanol–water partition coefficient (Wildman–Crippen LogP) is 3.04. The first kappa shape index (κ1) is 23.1. The third-order valence-corrected chi connectivity index (χ3v) is 6.27. The monoisotopic (exact) mass is 479 g/mol. The number of rotatable bonds is 7. The van der Waals surface area contributed by atoms with Crippen LogP contribution in [0.2, 0.25) is 0 Å². The summed E-state index contributed by atoms with van der Waals surface area (Å²) in [6.45, 7) is 2.24. The molecular formula is C22H23F2N3O5S. The van der Waals surface area contributed by atoms with Gasteiger partial charge in [-0.3, -0.25) is 9.59 Å². The first-order chi connectivity index (χ1) is 15.7. The maximum atomic E-state index is 13.5. The van der Waals surface area contributed by atoms with Crippen LogP contribution in [0, 0.1) is 13.8 Å². The molecule has 0 saturated carbocycles. The van der Waals surface area contributed by atoms with E-state index in [0.717, 1.165) is 14.8 Å². The van der Waals surface area contributed by atoms with Crippen LogP contribution in [0.15, 0.2) is 28.8 Å². The average molecular weight is 480 g/mol. The largest absolute Gasteiger partial charge is 0.488 e. The van der Waals surface area contributed by atoms with E-state index in [-0.39, 0.29) is 12.1 Å². The number of nitrogens with zero attached hydrogens (tertiary/aromatic N) is 2. The summed E-state index contributed by atoms with van der Waals surface area (Å²) in [7, 11) is 0. The van der Waals surface area contributed by atoms with E-state index < -0.39 is 43.4 Å². The van der Waals surface area contributed by atoms with Crippen LogP contribution in [-0.2, 0) is 11.4 Å². The average Bonchev–Trinajstić information content (AvgIpc) is 3.45. The molecule has 1 atom stereocenters. The van der Waals surface area contributed by atoms with Gasteiger partial charge in [0.1, 0.15) is 29.7 Å². The molecule has 3 aromatic rings. The Balaban J connectivity index is 1.51. The quantitative estimate of drug-likeness (QED) is 0.540. The lowest BCUT2D eigenvalue weighted by molar-refractivity contribution is -0.134. The molecule has 176 valence electrons. The third-order valence-electron chi connectivity index (χ3n) is 5.38. The van der Waals surface area contributed by atoms with Crippen LogP contribution in [0.1, 0.15) is 32.4 Å². The van der Waals surface area contributed by atoms with Crippen molar-refractivity contribution in [1.29, 1.82) is 0 Å². The van der Waals surface area contributed by atoms with Gasteiger partial charge in [-0.15, -0.1) is 11.3 Å². The van der Waals surface area contributed by atoms with E-state index in [9.17, 15) is 23.5 Å². The van der Waals surface area contributed by atoms with Crippen LogP contribution in [0.25, 0.3) is 11.0 Å². The predicted molar refractivity (Wildman–Crippen MR) is 117 cm³/mol. The maximum Gasteiger partial charge on any atom is 0.267 e. The third kappa shape index (κ3) is 4.98. The second-order valence-electron chi connectivity index (χ2n) is 7.90. The Morgan fingerprint density at radius 2 is 2.18 bits per heavy atom. The number of aryl methyl sites for hydroxylation is 2. The number of aromatic nitrogens is 1. The molecule has 3 heterocycles. The molecule has 33 heavy (non-hydrogen) atoms. The lowest BCUT2D eigenvalue weighted by atomic mass is 10.1. The highest BCUT2D eigenvalue weighted by Gasteiger charge is 2.42. The van der Waals surface area contributed by atoms with Crippen LogP contribution in [0.3, 0.4) is 0 Å². The second-order valence-corrected chi connectivity index (χ2v) is 9.22. The summed E-state index contributed by atoms with van der Waals surface area (Å²) in [4.78, 5) is 31.7. The van der Waals surface area contributed by atoms with Gasteiger partial charge in [0.05, 0.1) is 28.6 Å². The lowest BCUT2D eigenvalue weighted by Gasteiger charge is -2.22. The van der Waals surface area contributed by atoms with E-state index in [4.69, 9.17) is 9.15 Å². The normalized spacial score (nSPS) is 16.2. The number of furan rings is 1. The summed E-state index contributed by atoms with van der Waals surface area (Å²) >= 11 is 1.52. The molecule has 8 nitrogen and oxygen atoms in total. The Bertz CT molecular complexity index is 1190. The first-order valence-corrected chi connectivity index (χ1v) is 11.1. The molecule has 1 aromatic carbocycles. The van der Waals surface area contributed by atoms with Crippen LogP contribution in [-0.4, -0.2) is 58.5 Å². The zero-order valence-electron chi connectivity index (χ0n) is 18.1. The van der Waals surface area contributed by atoms with E-state index >= 15 is 0 Å².